The summed E-state index contributed by atoms with van der Waals surface area (Å²) in [6, 6.07) is 11.1. The maximum Gasteiger partial charge on any atom is 0.335 e. The van der Waals surface area contributed by atoms with Crippen molar-refractivity contribution in [3.63, 3.8) is 0 Å². The molecule has 0 bridgehead atoms. The first-order chi connectivity index (χ1) is 15.1. The molecule has 4 rings (SSSR count). The maximum atomic E-state index is 11.2. The first kappa shape index (κ1) is 20.7. The number of piperidine rings is 1. The molecule has 1 aliphatic heterocycles. The number of carboxylic acids is 1. The Morgan fingerprint density at radius 2 is 2.03 bits per heavy atom. The minimum Gasteiger partial charge on any atom is -0.493 e. The fraction of sp³-hybridized carbons (Fsp3) is 0.348. The third kappa shape index (κ3) is 4.47. The number of carboxylic acid groups (broad SMARTS) is 1. The molecule has 160 valence electrons. The minimum atomic E-state index is -0.962. The van der Waals surface area contributed by atoms with Crippen LogP contribution in [0.4, 0.5) is 0 Å². The molecule has 2 aromatic carbocycles. The Labute approximate surface area is 180 Å². The number of terminal acetylenes is 1. The number of aromatic carboxylic acids is 1. The first-order valence-corrected chi connectivity index (χ1v) is 10.1. The Hall–Kier alpha value is -3.57. The smallest absolute Gasteiger partial charge is 0.335 e. The Kier molecular flexibility index (Phi) is 6.05. The molecule has 31 heavy (non-hydrogen) atoms. The van der Waals surface area contributed by atoms with Gasteiger partial charge in [-0.1, -0.05) is 17.2 Å². The molecule has 1 fully saturated rings. The zero-order valence-electron chi connectivity index (χ0n) is 17.3. The third-order valence-electron chi connectivity index (χ3n) is 5.57. The second-order valence-corrected chi connectivity index (χ2v) is 7.53. The van der Waals surface area contributed by atoms with Crippen LogP contribution >= 0.6 is 0 Å². The van der Waals surface area contributed by atoms with Crippen LogP contribution in [0, 0.1) is 12.3 Å². The molecule has 8 nitrogen and oxygen atoms in total. The molecule has 1 saturated heterocycles. The van der Waals surface area contributed by atoms with E-state index in [9.17, 15) is 4.79 Å². The highest BCUT2D eigenvalue weighted by molar-refractivity contribution is 5.92. The number of hydrogen-bond donors (Lipinski definition) is 1. The van der Waals surface area contributed by atoms with Gasteiger partial charge in [0, 0.05) is 19.6 Å². The van der Waals surface area contributed by atoms with Gasteiger partial charge in [0.2, 0.25) is 0 Å². The van der Waals surface area contributed by atoms with Crippen LogP contribution in [0.3, 0.4) is 0 Å². The predicted molar refractivity (Wildman–Crippen MR) is 115 cm³/mol. The molecule has 8 heteroatoms. The van der Waals surface area contributed by atoms with Gasteiger partial charge in [0.05, 0.1) is 24.2 Å². The summed E-state index contributed by atoms with van der Waals surface area (Å²) in [5.74, 6) is 2.84. The van der Waals surface area contributed by atoms with E-state index in [0.29, 0.717) is 17.0 Å². The first-order valence-electron chi connectivity index (χ1n) is 10.1. The highest BCUT2D eigenvalue weighted by Gasteiger charge is 2.23. The van der Waals surface area contributed by atoms with Crippen molar-refractivity contribution in [1.82, 2.24) is 19.9 Å². The van der Waals surface area contributed by atoms with Crippen molar-refractivity contribution in [2.45, 2.75) is 25.4 Å². The van der Waals surface area contributed by atoms with Gasteiger partial charge in [-0.25, -0.2) is 9.48 Å². The average molecular weight is 420 g/mol. The molecule has 1 aromatic heterocycles. The Morgan fingerprint density at radius 3 is 2.74 bits per heavy atom. The van der Waals surface area contributed by atoms with Gasteiger partial charge in [0.15, 0.2) is 11.5 Å². The van der Waals surface area contributed by atoms with E-state index < -0.39 is 5.97 Å². The molecule has 0 radical (unpaired) electrons. The van der Waals surface area contributed by atoms with Crippen molar-refractivity contribution >= 4 is 17.0 Å². The maximum absolute atomic E-state index is 11.2. The van der Waals surface area contributed by atoms with Crippen LogP contribution in [-0.4, -0.2) is 57.8 Å². The largest absolute Gasteiger partial charge is 0.493 e. The van der Waals surface area contributed by atoms with Gasteiger partial charge in [-0.3, -0.25) is 4.90 Å². The molecule has 2 heterocycles. The van der Waals surface area contributed by atoms with Gasteiger partial charge in [0.1, 0.15) is 12.1 Å². The number of methoxy groups -OCH3 is 1. The number of likely N-dealkylation sites (tertiary alicyclic amines) is 1. The van der Waals surface area contributed by atoms with Crippen molar-refractivity contribution < 1.29 is 19.4 Å². The van der Waals surface area contributed by atoms with Gasteiger partial charge in [-0.15, -0.1) is 11.5 Å². The molecule has 0 unspecified atom stereocenters. The van der Waals surface area contributed by atoms with Crippen LogP contribution in [-0.2, 0) is 6.54 Å². The zero-order valence-corrected chi connectivity index (χ0v) is 17.3. The normalized spacial score (nSPS) is 15.0. The number of fused-ring (bicyclic) bond motifs is 1. The number of carbonyl (C=O) groups is 1. The van der Waals surface area contributed by atoms with E-state index in [-0.39, 0.29) is 18.2 Å². The van der Waals surface area contributed by atoms with Crippen molar-refractivity contribution in [2.75, 3.05) is 26.8 Å². The lowest BCUT2D eigenvalue weighted by Crippen LogP contribution is -2.34. The lowest BCUT2D eigenvalue weighted by atomic mass is 10.0. The molecule has 0 amide bonds. The number of rotatable bonds is 7. The van der Waals surface area contributed by atoms with Crippen LogP contribution in [0.5, 0.6) is 11.5 Å². The van der Waals surface area contributed by atoms with Gasteiger partial charge in [-0.2, -0.15) is 0 Å². The standard InChI is InChI=1S/C23H24N4O4/c1-3-12-31-22-13-16(4-7-21(22)30-2)15-26-10-8-18(9-11-26)27-20-6-5-17(23(28)29)14-19(20)24-25-27/h1,4-7,13-14,18H,8-12,15H2,2H3,(H,28,29). The minimum absolute atomic E-state index is 0.199. The monoisotopic (exact) mass is 420 g/mol. The van der Waals surface area contributed by atoms with E-state index >= 15 is 0 Å². The van der Waals surface area contributed by atoms with E-state index in [1.807, 2.05) is 22.9 Å². The number of benzene rings is 2. The SMILES string of the molecule is C#CCOc1cc(CN2CCC(n3nnc4cc(C(=O)O)ccc43)CC2)ccc1OC. The second-order valence-electron chi connectivity index (χ2n) is 7.53. The van der Waals surface area contributed by atoms with Crippen molar-refractivity contribution in [2.24, 2.45) is 0 Å². The van der Waals surface area contributed by atoms with Crippen LogP contribution < -0.4 is 9.47 Å². The van der Waals surface area contributed by atoms with E-state index in [1.54, 1.807) is 25.3 Å². The van der Waals surface area contributed by atoms with E-state index in [2.05, 4.69) is 21.1 Å². The highest BCUT2D eigenvalue weighted by atomic mass is 16.5. The van der Waals surface area contributed by atoms with E-state index in [4.69, 9.17) is 21.0 Å². The summed E-state index contributed by atoms with van der Waals surface area (Å²) in [6.45, 7) is 2.85. The average Bonchev–Trinajstić information content (AvgIpc) is 3.21. The summed E-state index contributed by atoms with van der Waals surface area (Å²) in [7, 11) is 1.61. The van der Waals surface area contributed by atoms with Gasteiger partial charge >= 0.3 is 5.97 Å². The van der Waals surface area contributed by atoms with Gasteiger partial charge < -0.3 is 14.6 Å². The number of ether oxygens (including phenoxy) is 2. The molecular formula is C23H24N4O4. The number of hydrogen-bond acceptors (Lipinski definition) is 6. The predicted octanol–water partition coefficient (Wildman–Crippen LogP) is 2.99. The molecule has 0 aliphatic carbocycles. The number of nitrogens with zero attached hydrogens (tertiary/aromatic N) is 4. The van der Waals surface area contributed by atoms with Crippen LogP contribution in [0.25, 0.3) is 11.0 Å². The lowest BCUT2D eigenvalue weighted by Gasteiger charge is -2.32. The quantitative estimate of drug-likeness (QED) is 0.588. The highest BCUT2D eigenvalue weighted by Crippen LogP contribution is 2.30. The zero-order chi connectivity index (χ0) is 21.8. The third-order valence-corrected chi connectivity index (χ3v) is 5.57. The molecule has 3 aromatic rings. The molecule has 1 N–H and O–H groups in total. The molecule has 0 atom stereocenters. The number of aromatic nitrogens is 3. The fourth-order valence-electron chi connectivity index (χ4n) is 3.98. The van der Waals surface area contributed by atoms with Crippen LogP contribution in [0.1, 0.15) is 34.8 Å². The van der Waals surface area contributed by atoms with Gasteiger partial charge in [-0.05, 0) is 48.7 Å². The molecule has 0 saturated carbocycles. The Bertz CT molecular complexity index is 1130. The summed E-state index contributed by atoms with van der Waals surface area (Å²) < 4.78 is 12.9. The van der Waals surface area contributed by atoms with Crippen molar-refractivity contribution in [3.05, 3.63) is 47.5 Å². The summed E-state index contributed by atoms with van der Waals surface area (Å²) in [6.07, 6.45) is 7.18. The van der Waals surface area contributed by atoms with E-state index in [1.165, 1.54) is 0 Å². The second kappa shape index (κ2) is 9.06. The van der Waals surface area contributed by atoms with E-state index in [0.717, 1.165) is 43.6 Å². The topological polar surface area (TPSA) is 89.7 Å². The van der Waals surface area contributed by atoms with Crippen LogP contribution in [0.15, 0.2) is 36.4 Å². The molecular weight excluding hydrogens is 396 g/mol. The summed E-state index contributed by atoms with van der Waals surface area (Å²) in [5.41, 5.74) is 2.84. The molecule has 1 aliphatic rings. The van der Waals surface area contributed by atoms with Crippen LogP contribution in [0.2, 0.25) is 0 Å². The van der Waals surface area contributed by atoms with Crippen molar-refractivity contribution in [1.29, 1.82) is 0 Å². The summed E-state index contributed by atoms with van der Waals surface area (Å²) in [5, 5.41) is 17.6. The molecule has 0 spiro atoms. The van der Waals surface area contributed by atoms with Crippen molar-refractivity contribution in [3.8, 4) is 23.8 Å². The lowest BCUT2D eigenvalue weighted by molar-refractivity contribution is 0.0697. The Morgan fingerprint density at radius 1 is 1.23 bits per heavy atom. The van der Waals surface area contributed by atoms with Gasteiger partial charge in [0.25, 0.3) is 0 Å². The summed E-state index contributed by atoms with van der Waals surface area (Å²) in [4.78, 5) is 13.6. The summed E-state index contributed by atoms with van der Waals surface area (Å²) >= 11 is 0. The fourth-order valence-corrected chi connectivity index (χ4v) is 3.98. The Balaban J connectivity index is 1.41.